The number of rotatable bonds is 5. The van der Waals surface area contributed by atoms with Gasteiger partial charge in [-0.1, -0.05) is 16.8 Å². The summed E-state index contributed by atoms with van der Waals surface area (Å²) >= 11 is 5.86. The van der Waals surface area contributed by atoms with Crippen molar-refractivity contribution in [3.63, 3.8) is 0 Å². The Morgan fingerprint density at radius 1 is 1.28 bits per heavy atom. The van der Waals surface area contributed by atoms with E-state index in [1.807, 2.05) is 0 Å². The number of hydrogen-bond acceptors (Lipinski definition) is 6. The molecule has 0 aliphatic carbocycles. The second kappa shape index (κ2) is 7.66. The summed E-state index contributed by atoms with van der Waals surface area (Å²) in [6, 6.07) is 5.38. The summed E-state index contributed by atoms with van der Waals surface area (Å²) in [6.07, 6.45) is -4.77. The molecular formula is C15H9ClF5N5O3. The average molecular weight is 438 g/mol. The van der Waals surface area contributed by atoms with Gasteiger partial charge in [-0.15, -0.1) is 0 Å². The molecular weight excluding hydrogens is 429 g/mol. The van der Waals surface area contributed by atoms with E-state index in [9.17, 15) is 26.7 Å². The van der Waals surface area contributed by atoms with Crippen LogP contribution < -0.4 is 10.1 Å². The van der Waals surface area contributed by atoms with Crippen molar-refractivity contribution >= 4 is 23.2 Å². The van der Waals surface area contributed by atoms with Crippen molar-refractivity contribution in [3.05, 3.63) is 40.9 Å². The van der Waals surface area contributed by atoms with Crippen LogP contribution in [0.2, 0.25) is 5.02 Å². The maximum Gasteiger partial charge on any atom is 0.471 e. The molecule has 1 amide bonds. The number of aromatic nitrogens is 4. The third kappa shape index (κ3) is 4.45. The Morgan fingerprint density at radius 3 is 2.48 bits per heavy atom. The lowest BCUT2D eigenvalue weighted by Crippen LogP contribution is -2.13. The molecule has 1 N–H and O–H groups in total. The molecule has 0 fully saturated rings. The number of halogens is 6. The van der Waals surface area contributed by atoms with Gasteiger partial charge in [0.15, 0.2) is 5.69 Å². The van der Waals surface area contributed by atoms with Crippen LogP contribution in [0.15, 0.2) is 28.8 Å². The molecule has 0 radical (unpaired) electrons. The van der Waals surface area contributed by atoms with Crippen molar-refractivity contribution in [2.45, 2.75) is 12.8 Å². The van der Waals surface area contributed by atoms with Crippen LogP contribution in [0.3, 0.4) is 0 Å². The zero-order valence-electron chi connectivity index (χ0n) is 14.2. The van der Waals surface area contributed by atoms with Gasteiger partial charge in [0.05, 0.1) is 0 Å². The van der Waals surface area contributed by atoms with Crippen LogP contribution in [0.4, 0.5) is 27.6 Å². The number of ether oxygens (including phenoxy) is 1. The molecule has 0 saturated heterocycles. The topological polar surface area (TPSA) is 95.1 Å². The van der Waals surface area contributed by atoms with Gasteiger partial charge in [0.25, 0.3) is 5.91 Å². The summed E-state index contributed by atoms with van der Waals surface area (Å²) in [7, 11) is 1.26. The normalized spacial score (nSPS) is 11.7. The average Bonchev–Trinajstić information content (AvgIpc) is 3.23. The molecule has 8 nitrogen and oxygen atoms in total. The van der Waals surface area contributed by atoms with Crippen LogP contribution in [0.1, 0.15) is 16.4 Å². The Labute approximate surface area is 163 Å². The zero-order chi connectivity index (χ0) is 21.3. The number of carbonyl (C=O) groups is 1. The standard InChI is InChI=1S/C15H9ClF5N5O3/c1-26-12(28-14(17)18)8(16)9(24-26)11(27)22-7-4-2-6(3-5-7)10-23-13(29-25-10)15(19,20)21/h2-5,14H,1H3,(H,22,27). The first-order valence-corrected chi connectivity index (χ1v) is 7.94. The summed E-state index contributed by atoms with van der Waals surface area (Å²) < 4.78 is 71.5. The van der Waals surface area contributed by atoms with E-state index in [1.165, 1.54) is 31.3 Å². The van der Waals surface area contributed by atoms with Crippen molar-refractivity contribution in [1.29, 1.82) is 0 Å². The second-order valence-electron chi connectivity index (χ2n) is 5.42. The van der Waals surface area contributed by atoms with Crippen LogP contribution in [-0.2, 0) is 13.2 Å². The highest BCUT2D eigenvalue weighted by atomic mass is 35.5. The number of carbonyl (C=O) groups excluding carboxylic acids is 1. The predicted molar refractivity (Wildman–Crippen MR) is 87.5 cm³/mol. The van der Waals surface area contributed by atoms with Crippen molar-refractivity contribution in [3.8, 4) is 17.3 Å². The molecule has 0 saturated carbocycles. The molecule has 3 aromatic rings. The molecule has 0 aliphatic heterocycles. The van der Waals surface area contributed by atoms with Gasteiger partial charge in [-0.05, 0) is 24.3 Å². The summed E-state index contributed by atoms with van der Waals surface area (Å²) in [5.41, 5.74) is 0.0592. The third-order valence-corrected chi connectivity index (χ3v) is 3.77. The van der Waals surface area contributed by atoms with Gasteiger partial charge in [-0.25, -0.2) is 4.68 Å². The van der Waals surface area contributed by atoms with Crippen molar-refractivity contribution < 1.29 is 36.0 Å². The van der Waals surface area contributed by atoms with E-state index in [-0.39, 0.29) is 22.8 Å². The minimum absolute atomic E-state index is 0.200. The SMILES string of the molecule is Cn1nc(C(=O)Nc2ccc(-c3noc(C(F)(F)F)n3)cc2)c(Cl)c1OC(F)F. The lowest BCUT2D eigenvalue weighted by Gasteiger charge is -2.04. The van der Waals surface area contributed by atoms with Gasteiger partial charge in [0, 0.05) is 18.3 Å². The van der Waals surface area contributed by atoms with Crippen molar-refractivity contribution in [2.24, 2.45) is 7.05 Å². The lowest BCUT2D eigenvalue weighted by atomic mass is 10.2. The zero-order valence-corrected chi connectivity index (χ0v) is 14.9. The summed E-state index contributed by atoms with van der Waals surface area (Å²) in [4.78, 5) is 15.5. The van der Waals surface area contributed by atoms with Gasteiger partial charge in [0.2, 0.25) is 11.7 Å². The van der Waals surface area contributed by atoms with Gasteiger partial charge < -0.3 is 14.6 Å². The molecule has 0 spiro atoms. The minimum atomic E-state index is -4.77. The smallest absolute Gasteiger partial charge is 0.416 e. The number of benzene rings is 1. The van der Waals surface area contributed by atoms with E-state index in [2.05, 4.69) is 29.8 Å². The fraction of sp³-hybridized carbons (Fsp3) is 0.200. The molecule has 0 unspecified atom stereocenters. The molecule has 29 heavy (non-hydrogen) atoms. The lowest BCUT2D eigenvalue weighted by molar-refractivity contribution is -0.159. The van der Waals surface area contributed by atoms with E-state index in [4.69, 9.17) is 11.6 Å². The van der Waals surface area contributed by atoms with Crippen molar-refractivity contribution in [2.75, 3.05) is 5.32 Å². The third-order valence-electron chi connectivity index (χ3n) is 3.42. The highest BCUT2D eigenvalue weighted by Gasteiger charge is 2.38. The monoisotopic (exact) mass is 437 g/mol. The van der Waals surface area contributed by atoms with Crippen LogP contribution in [-0.4, -0.2) is 32.4 Å². The van der Waals surface area contributed by atoms with Crippen molar-refractivity contribution in [1.82, 2.24) is 19.9 Å². The number of nitrogens with zero attached hydrogens (tertiary/aromatic N) is 4. The first kappa shape index (κ1) is 20.5. The number of hydrogen-bond donors (Lipinski definition) is 1. The number of aryl methyl sites for hydroxylation is 1. The molecule has 14 heteroatoms. The van der Waals surface area contributed by atoms with Crippen LogP contribution in [0.5, 0.6) is 5.88 Å². The number of anilines is 1. The first-order chi connectivity index (χ1) is 13.6. The predicted octanol–water partition coefficient (Wildman–Crippen LogP) is 4.00. The molecule has 154 valence electrons. The van der Waals surface area contributed by atoms with Gasteiger partial charge in [-0.3, -0.25) is 4.79 Å². The Morgan fingerprint density at radius 2 is 1.93 bits per heavy atom. The second-order valence-corrected chi connectivity index (χ2v) is 5.80. The quantitative estimate of drug-likeness (QED) is 0.606. The molecule has 2 heterocycles. The van der Waals surface area contributed by atoms with E-state index in [0.29, 0.717) is 0 Å². The van der Waals surface area contributed by atoms with E-state index >= 15 is 0 Å². The Bertz CT molecular complexity index is 1030. The van der Waals surface area contributed by atoms with E-state index < -0.39 is 35.5 Å². The highest BCUT2D eigenvalue weighted by molar-refractivity contribution is 6.35. The highest BCUT2D eigenvalue weighted by Crippen LogP contribution is 2.31. The van der Waals surface area contributed by atoms with Crippen LogP contribution >= 0.6 is 11.6 Å². The minimum Gasteiger partial charge on any atom is -0.416 e. The molecule has 0 aliphatic rings. The van der Waals surface area contributed by atoms with Crippen LogP contribution in [0, 0.1) is 0 Å². The van der Waals surface area contributed by atoms with Gasteiger partial charge >= 0.3 is 18.7 Å². The maximum absolute atomic E-state index is 12.5. The summed E-state index contributed by atoms with van der Waals surface area (Å²) in [6.45, 7) is -3.16. The Kier molecular flexibility index (Phi) is 5.42. The fourth-order valence-electron chi connectivity index (χ4n) is 2.19. The number of nitrogens with one attached hydrogen (secondary N) is 1. The van der Waals surface area contributed by atoms with Gasteiger partial charge in [0.1, 0.15) is 5.02 Å². The molecule has 1 aromatic carbocycles. The molecule has 0 atom stereocenters. The van der Waals surface area contributed by atoms with E-state index in [0.717, 1.165) is 4.68 Å². The maximum atomic E-state index is 12.5. The molecule has 3 rings (SSSR count). The van der Waals surface area contributed by atoms with E-state index in [1.54, 1.807) is 0 Å². The first-order valence-electron chi connectivity index (χ1n) is 7.56. The summed E-state index contributed by atoms with van der Waals surface area (Å²) in [5, 5.41) is 8.97. The number of amides is 1. The number of alkyl halides is 5. The van der Waals surface area contributed by atoms with Gasteiger partial charge in [-0.2, -0.15) is 32.0 Å². The Balaban J connectivity index is 1.75. The fourth-order valence-corrected chi connectivity index (χ4v) is 2.48. The largest absolute Gasteiger partial charge is 0.471 e. The Hall–Kier alpha value is -3.22. The molecule has 2 aromatic heterocycles. The summed E-state index contributed by atoms with van der Waals surface area (Å²) in [5.74, 6) is -3.09. The van der Waals surface area contributed by atoms with Crippen LogP contribution in [0.25, 0.3) is 11.4 Å². The molecule has 0 bridgehead atoms.